The molecule has 5 N–H and O–H groups in total. The summed E-state index contributed by atoms with van der Waals surface area (Å²) in [5, 5.41) is 16.9. The zero-order valence-electron chi connectivity index (χ0n) is 14.5. The summed E-state index contributed by atoms with van der Waals surface area (Å²) in [6, 6.07) is 0. The third-order valence-electron chi connectivity index (χ3n) is 2.97. The first-order valence-corrected chi connectivity index (χ1v) is 7.35. The molecule has 0 aliphatic rings. The number of nitrogens with zero attached hydrogens (tertiary/aromatic N) is 4. The van der Waals surface area contributed by atoms with Gasteiger partial charge in [0.15, 0.2) is 0 Å². The molecule has 0 aliphatic carbocycles. The summed E-state index contributed by atoms with van der Waals surface area (Å²) in [7, 11) is 0. The summed E-state index contributed by atoms with van der Waals surface area (Å²) >= 11 is 0. The number of aliphatic carboxylic acids is 1. The molecular formula is C14H26N6O4. The SMILES string of the molecule is CC(C)(N=NC(C)(C)C(N)=NCCC(=O)O)C(N)=NCCOC=O. The first-order chi connectivity index (χ1) is 11.0. The molecule has 0 aliphatic heterocycles. The number of carbonyl (C=O) groups excluding carboxylic acids is 1. The van der Waals surface area contributed by atoms with Crippen LogP contribution >= 0.6 is 0 Å². The van der Waals surface area contributed by atoms with Crippen molar-refractivity contribution in [2.24, 2.45) is 31.7 Å². The number of nitrogens with two attached hydrogens (primary N) is 2. The molecule has 0 amide bonds. The lowest BCUT2D eigenvalue weighted by atomic mass is 10.0. The highest BCUT2D eigenvalue weighted by Crippen LogP contribution is 2.16. The maximum Gasteiger partial charge on any atom is 0.305 e. The average Bonchev–Trinajstić information content (AvgIpc) is 2.49. The molecule has 0 heterocycles. The van der Waals surface area contributed by atoms with E-state index in [0.29, 0.717) is 6.47 Å². The second-order valence-corrected chi connectivity index (χ2v) is 5.96. The molecule has 0 unspecified atom stereocenters. The van der Waals surface area contributed by atoms with Gasteiger partial charge in [-0.1, -0.05) is 0 Å². The lowest BCUT2D eigenvalue weighted by Gasteiger charge is -2.22. The molecule has 0 saturated carbocycles. The highest BCUT2D eigenvalue weighted by Gasteiger charge is 2.27. The summed E-state index contributed by atoms with van der Waals surface area (Å²) in [6.45, 7) is 7.63. The predicted octanol–water partition coefficient (Wildman–Crippen LogP) is 0.358. The summed E-state index contributed by atoms with van der Waals surface area (Å²) in [5.74, 6) is -0.536. The van der Waals surface area contributed by atoms with Crippen molar-refractivity contribution in [2.45, 2.75) is 45.2 Å². The number of amidine groups is 2. The van der Waals surface area contributed by atoms with Crippen LogP contribution in [0, 0.1) is 0 Å². The van der Waals surface area contributed by atoms with E-state index in [0.717, 1.165) is 0 Å². The van der Waals surface area contributed by atoms with Gasteiger partial charge < -0.3 is 21.3 Å². The monoisotopic (exact) mass is 342 g/mol. The molecule has 10 heteroatoms. The van der Waals surface area contributed by atoms with E-state index >= 15 is 0 Å². The van der Waals surface area contributed by atoms with E-state index in [2.05, 4.69) is 25.0 Å². The Bertz CT molecular complexity index is 525. The van der Waals surface area contributed by atoms with Gasteiger partial charge in [0.2, 0.25) is 0 Å². The van der Waals surface area contributed by atoms with Gasteiger partial charge in [-0.2, -0.15) is 10.2 Å². The minimum atomic E-state index is -0.949. The van der Waals surface area contributed by atoms with Crippen LogP contribution in [0.4, 0.5) is 0 Å². The summed E-state index contributed by atoms with van der Waals surface area (Å²) in [4.78, 5) is 28.6. The molecule has 0 bridgehead atoms. The highest BCUT2D eigenvalue weighted by molar-refractivity contribution is 5.90. The van der Waals surface area contributed by atoms with Gasteiger partial charge in [0, 0.05) is 0 Å². The second-order valence-electron chi connectivity index (χ2n) is 5.96. The zero-order valence-corrected chi connectivity index (χ0v) is 14.5. The van der Waals surface area contributed by atoms with Crippen LogP contribution in [0.2, 0.25) is 0 Å². The summed E-state index contributed by atoms with van der Waals surface area (Å²) in [6.07, 6.45) is -0.109. The van der Waals surface area contributed by atoms with Crippen molar-refractivity contribution in [2.75, 3.05) is 19.7 Å². The summed E-state index contributed by atoms with van der Waals surface area (Å²) in [5.41, 5.74) is 9.95. The van der Waals surface area contributed by atoms with Crippen LogP contribution in [0.3, 0.4) is 0 Å². The van der Waals surface area contributed by atoms with Crippen molar-refractivity contribution in [1.82, 2.24) is 0 Å². The minimum absolute atomic E-state index is 0.0733. The number of rotatable bonds is 11. The molecule has 0 radical (unpaired) electrons. The quantitative estimate of drug-likeness (QED) is 0.161. The standard InChI is InChI=1S/C14H26N6O4/c1-13(2,11(15)17-6-5-10(22)23)19-20-14(3,4)12(16)18-7-8-24-9-21/h9H,5-8H2,1-4H3,(H2,15,17)(H2,16,18)(H,22,23). The number of hydrogen-bond donors (Lipinski definition) is 3. The Labute approximate surface area is 141 Å². The number of hydrogen-bond acceptors (Lipinski definition) is 7. The Morgan fingerprint density at radius 2 is 1.50 bits per heavy atom. The van der Waals surface area contributed by atoms with E-state index < -0.39 is 17.0 Å². The highest BCUT2D eigenvalue weighted by atomic mass is 16.5. The van der Waals surface area contributed by atoms with Crippen LogP contribution in [-0.2, 0) is 14.3 Å². The summed E-state index contributed by atoms with van der Waals surface area (Å²) < 4.78 is 4.53. The molecule has 0 fully saturated rings. The normalized spacial score (nSPS) is 14.0. The fourth-order valence-corrected chi connectivity index (χ4v) is 1.28. The maximum atomic E-state index is 10.5. The van der Waals surface area contributed by atoms with Crippen molar-refractivity contribution in [3.8, 4) is 0 Å². The topological polar surface area (TPSA) is 165 Å². The van der Waals surface area contributed by atoms with Crippen LogP contribution in [0.25, 0.3) is 0 Å². The Morgan fingerprint density at radius 1 is 1.04 bits per heavy atom. The van der Waals surface area contributed by atoms with E-state index in [1.807, 2.05) is 0 Å². The molecular weight excluding hydrogens is 316 g/mol. The van der Waals surface area contributed by atoms with Gasteiger partial charge in [0.05, 0.1) is 19.5 Å². The van der Waals surface area contributed by atoms with Crippen molar-refractivity contribution in [1.29, 1.82) is 0 Å². The molecule has 0 aromatic carbocycles. The van der Waals surface area contributed by atoms with Gasteiger partial charge in [0.1, 0.15) is 29.4 Å². The van der Waals surface area contributed by atoms with Crippen molar-refractivity contribution >= 4 is 24.1 Å². The van der Waals surface area contributed by atoms with Crippen LogP contribution in [0.1, 0.15) is 34.1 Å². The van der Waals surface area contributed by atoms with E-state index in [9.17, 15) is 9.59 Å². The van der Waals surface area contributed by atoms with Crippen LogP contribution < -0.4 is 11.5 Å². The molecule has 0 rings (SSSR count). The molecule has 0 aromatic rings. The van der Waals surface area contributed by atoms with E-state index in [1.54, 1.807) is 27.7 Å². The largest absolute Gasteiger partial charge is 0.481 e. The number of carbonyl (C=O) groups is 2. The number of carboxylic acids is 1. The molecule has 0 spiro atoms. The van der Waals surface area contributed by atoms with E-state index in [1.165, 1.54) is 0 Å². The predicted molar refractivity (Wildman–Crippen MR) is 90.3 cm³/mol. The fourth-order valence-electron chi connectivity index (χ4n) is 1.28. The van der Waals surface area contributed by atoms with Gasteiger partial charge in [-0.15, -0.1) is 0 Å². The van der Waals surface area contributed by atoms with Gasteiger partial charge in [-0.3, -0.25) is 19.6 Å². The molecule has 10 nitrogen and oxygen atoms in total. The molecule has 0 saturated heterocycles. The average molecular weight is 342 g/mol. The smallest absolute Gasteiger partial charge is 0.305 e. The first kappa shape index (κ1) is 21.5. The molecule has 24 heavy (non-hydrogen) atoms. The van der Waals surface area contributed by atoms with Crippen LogP contribution in [0.15, 0.2) is 20.2 Å². The van der Waals surface area contributed by atoms with Crippen LogP contribution in [0.5, 0.6) is 0 Å². The van der Waals surface area contributed by atoms with Crippen molar-refractivity contribution < 1.29 is 19.4 Å². The molecule has 0 aromatic heterocycles. The molecule has 0 atom stereocenters. The van der Waals surface area contributed by atoms with Gasteiger partial charge in [-0.05, 0) is 27.7 Å². The Kier molecular flexibility index (Phi) is 8.58. The second kappa shape index (κ2) is 9.58. The number of ether oxygens (including phenoxy) is 1. The van der Waals surface area contributed by atoms with Crippen LogP contribution in [-0.4, -0.2) is 60.0 Å². The number of azo groups is 1. The first-order valence-electron chi connectivity index (χ1n) is 7.35. The third kappa shape index (κ3) is 8.20. The lowest BCUT2D eigenvalue weighted by molar-refractivity contribution is -0.136. The third-order valence-corrected chi connectivity index (χ3v) is 2.97. The minimum Gasteiger partial charge on any atom is -0.481 e. The molecule has 136 valence electrons. The van der Waals surface area contributed by atoms with Crippen molar-refractivity contribution in [3.05, 3.63) is 0 Å². The Balaban J connectivity index is 4.91. The fraction of sp³-hybridized carbons (Fsp3) is 0.714. The Morgan fingerprint density at radius 3 is 1.92 bits per heavy atom. The van der Waals surface area contributed by atoms with E-state index in [-0.39, 0.29) is 37.8 Å². The van der Waals surface area contributed by atoms with Gasteiger partial charge >= 0.3 is 5.97 Å². The lowest BCUT2D eigenvalue weighted by Crippen LogP contribution is -2.40. The van der Waals surface area contributed by atoms with Crippen molar-refractivity contribution in [3.63, 3.8) is 0 Å². The zero-order chi connectivity index (χ0) is 18.8. The number of carboxylic acid groups (broad SMARTS) is 1. The Hall–Kier alpha value is -2.52. The van der Waals surface area contributed by atoms with Gasteiger partial charge in [-0.25, -0.2) is 0 Å². The van der Waals surface area contributed by atoms with E-state index in [4.69, 9.17) is 16.6 Å². The number of aliphatic imine (C=N–C) groups is 2. The maximum absolute atomic E-state index is 10.5. The van der Waals surface area contributed by atoms with Gasteiger partial charge in [0.25, 0.3) is 6.47 Å².